The highest BCUT2D eigenvalue weighted by Crippen LogP contribution is 2.45. The highest BCUT2D eigenvalue weighted by Gasteiger charge is 2.30. The molecule has 0 spiro atoms. The first-order valence-electron chi connectivity index (χ1n) is 33.2. The van der Waals surface area contributed by atoms with Gasteiger partial charge in [0.1, 0.15) is 19.3 Å². The van der Waals surface area contributed by atoms with E-state index in [-0.39, 0.29) is 25.7 Å². The number of rotatable bonds is 61. The van der Waals surface area contributed by atoms with Crippen LogP contribution in [0, 0.1) is 17.8 Å². The maximum absolute atomic E-state index is 13.0. The van der Waals surface area contributed by atoms with E-state index in [4.69, 9.17) is 37.0 Å². The molecule has 84 heavy (non-hydrogen) atoms. The Bertz CT molecular complexity index is 1760. The summed E-state index contributed by atoms with van der Waals surface area (Å²) in [6.45, 7) is 11.6. The zero-order chi connectivity index (χ0) is 62.4. The van der Waals surface area contributed by atoms with Gasteiger partial charge in [0.05, 0.1) is 26.4 Å². The number of phosphoric ester groups is 2. The maximum Gasteiger partial charge on any atom is 0.472 e. The Labute approximate surface area is 510 Å². The molecule has 0 radical (unpaired) electrons. The van der Waals surface area contributed by atoms with E-state index in [1.54, 1.807) is 0 Å². The largest absolute Gasteiger partial charge is 0.472 e. The smallest absolute Gasteiger partial charge is 0.462 e. The molecular weight excluding hydrogens is 1110 g/mol. The van der Waals surface area contributed by atoms with Gasteiger partial charge in [0, 0.05) is 25.7 Å². The first-order valence-corrected chi connectivity index (χ1v) is 36.2. The molecule has 0 heterocycles. The van der Waals surface area contributed by atoms with Crippen LogP contribution in [0.1, 0.15) is 292 Å². The lowest BCUT2D eigenvalue weighted by atomic mass is 10.00. The topological polar surface area (TPSA) is 237 Å². The number of unbranched alkanes of at least 4 members (excludes halogenated alkanes) is 24. The van der Waals surface area contributed by atoms with Crippen LogP contribution < -0.4 is 0 Å². The Morgan fingerprint density at radius 3 is 1.06 bits per heavy atom. The second-order valence-corrected chi connectivity index (χ2v) is 26.7. The Hall–Kier alpha value is -2.46. The van der Waals surface area contributed by atoms with E-state index in [1.165, 1.54) is 77.0 Å². The van der Waals surface area contributed by atoms with Crippen LogP contribution >= 0.6 is 15.6 Å². The molecule has 0 aliphatic rings. The molecule has 0 aliphatic carbocycles. The lowest BCUT2D eigenvalue weighted by Gasteiger charge is -2.21. The van der Waals surface area contributed by atoms with Crippen LogP contribution in [-0.4, -0.2) is 96.7 Å². The van der Waals surface area contributed by atoms with Crippen LogP contribution in [0.15, 0.2) is 24.3 Å². The van der Waals surface area contributed by atoms with Crippen molar-refractivity contribution in [1.82, 2.24) is 0 Å². The van der Waals surface area contributed by atoms with Crippen molar-refractivity contribution in [2.75, 3.05) is 39.6 Å². The quantitative estimate of drug-likeness (QED) is 0.0169. The Morgan fingerprint density at radius 1 is 0.393 bits per heavy atom. The number of phosphoric acid groups is 2. The van der Waals surface area contributed by atoms with Gasteiger partial charge in [0.2, 0.25) is 0 Å². The van der Waals surface area contributed by atoms with Gasteiger partial charge in [-0.15, -0.1) is 0 Å². The summed E-state index contributed by atoms with van der Waals surface area (Å²) in [6, 6.07) is 0. The molecule has 0 aromatic heterocycles. The summed E-state index contributed by atoms with van der Waals surface area (Å²) >= 11 is 0. The standard InChI is InChI=1S/C65H122O17P2/c1-8-11-12-13-14-15-16-17-18-19-20-21-22-34-41-48-64(69)81-60(52-76-63(68)47-40-33-27-24-30-37-44-57(6)9-2)54-79-83(71,72)77-50-59(66)51-78-84(73,74)80-55-61(53-75-62(67)46-39-32-26-23-29-36-43-56(4)5)82-65(70)49-42-35-28-25-31-38-45-58(7)10-3/h15-18,56-61,66H,8-14,19-55H2,1-7H3,(H,71,72)(H,73,74)/b16-15-,18-17-/t57?,58?,59-,60+,61+/m0/s1. The lowest BCUT2D eigenvalue weighted by Crippen LogP contribution is -2.30. The number of hydrogen-bond donors (Lipinski definition) is 3. The van der Waals surface area contributed by atoms with Crippen molar-refractivity contribution in [3.63, 3.8) is 0 Å². The molecule has 0 fully saturated rings. The monoisotopic (exact) mass is 1240 g/mol. The van der Waals surface area contributed by atoms with Crippen molar-refractivity contribution >= 4 is 39.5 Å². The summed E-state index contributed by atoms with van der Waals surface area (Å²) in [5.41, 5.74) is 0. The van der Waals surface area contributed by atoms with E-state index < -0.39 is 97.5 Å². The van der Waals surface area contributed by atoms with Gasteiger partial charge in [-0.2, -0.15) is 0 Å². The Kier molecular flexibility index (Phi) is 54.2. The number of hydrogen-bond acceptors (Lipinski definition) is 15. The summed E-state index contributed by atoms with van der Waals surface area (Å²) < 4.78 is 67.9. The summed E-state index contributed by atoms with van der Waals surface area (Å²) in [6.07, 6.45) is 40.0. The molecular formula is C65H122O17P2. The van der Waals surface area contributed by atoms with Crippen molar-refractivity contribution in [2.24, 2.45) is 17.8 Å². The summed E-state index contributed by atoms with van der Waals surface area (Å²) in [5, 5.41) is 10.5. The molecule has 19 heteroatoms. The second kappa shape index (κ2) is 55.8. The molecule has 17 nitrogen and oxygen atoms in total. The van der Waals surface area contributed by atoms with Gasteiger partial charge in [0.25, 0.3) is 0 Å². The molecule has 3 N–H and O–H groups in total. The second-order valence-electron chi connectivity index (χ2n) is 23.8. The number of aliphatic hydroxyl groups is 1. The molecule has 4 unspecified atom stereocenters. The minimum Gasteiger partial charge on any atom is -0.462 e. The van der Waals surface area contributed by atoms with Crippen LogP contribution in [0.25, 0.3) is 0 Å². The fourth-order valence-electron chi connectivity index (χ4n) is 9.05. The first kappa shape index (κ1) is 81.5. The van der Waals surface area contributed by atoms with E-state index in [2.05, 4.69) is 72.8 Å². The molecule has 0 amide bonds. The van der Waals surface area contributed by atoms with E-state index in [0.29, 0.717) is 31.6 Å². The molecule has 494 valence electrons. The van der Waals surface area contributed by atoms with Crippen molar-refractivity contribution in [2.45, 2.75) is 311 Å². The van der Waals surface area contributed by atoms with Gasteiger partial charge in [-0.3, -0.25) is 37.3 Å². The van der Waals surface area contributed by atoms with Gasteiger partial charge >= 0.3 is 39.5 Å². The SMILES string of the molecule is CCCCCC/C=C\C=C/CCCCCCCC(=O)O[C@H](COC(=O)CCCCCCCCC(C)CC)COP(=O)(O)OC[C@H](O)COP(=O)(O)OC[C@@H](COC(=O)CCCCCCCCC(C)C)OC(=O)CCCCCCCCC(C)CC. The molecule has 0 saturated heterocycles. The predicted octanol–water partition coefficient (Wildman–Crippen LogP) is 17.4. The average Bonchev–Trinajstić information content (AvgIpc) is 3.50. The van der Waals surface area contributed by atoms with Crippen molar-refractivity contribution in [3.8, 4) is 0 Å². The molecule has 0 saturated carbocycles. The van der Waals surface area contributed by atoms with Gasteiger partial charge in [-0.25, -0.2) is 9.13 Å². The maximum atomic E-state index is 13.0. The molecule has 0 aromatic carbocycles. The van der Waals surface area contributed by atoms with Crippen LogP contribution in [-0.2, 0) is 65.4 Å². The molecule has 0 aromatic rings. The fraction of sp³-hybridized carbons (Fsp3) is 0.877. The predicted molar refractivity (Wildman–Crippen MR) is 335 cm³/mol. The highest BCUT2D eigenvalue weighted by molar-refractivity contribution is 7.47. The number of esters is 4. The number of allylic oxidation sites excluding steroid dienone is 4. The summed E-state index contributed by atoms with van der Waals surface area (Å²) in [4.78, 5) is 72.2. The third-order valence-electron chi connectivity index (χ3n) is 15.0. The van der Waals surface area contributed by atoms with Crippen LogP contribution in [0.3, 0.4) is 0 Å². The van der Waals surface area contributed by atoms with E-state index in [0.717, 1.165) is 127 Å². The third-order valence-corrected chi connectivity index (χ3v) is 16.9. The average molecular weight is 1240 g/mol. The molecule has 0 bridgehead atoms. The van der Waals surface area contributed by atoms with Crippen molar-refractivity contribution in [1.29, 1.82) is 0 Å². The Balaban J connectivity index is 5.29. The minimum absolute atomic E-state index is 0.0833. The normalized spacial score (nSPS) is 15.2. The lowest BCUT2D eigenvalue weighted by molar-refractivity contribution is -0.161. The summed E-state index contributed by atoms with van der Waals surface area (Å²) in [5.74, 6) is -0.0475. The number of carbonyl (C=O) groups excluding carboxylic acids is 4. The highest BCUT2D eigenvalue weighted by atomic mass is 31.2. The number of carbonyl (C=O) groups is 4. The van der Waals surface area contributed by atoms with Crippen LogP contribution in [0.2, 0.25) is 0 Å². The van der Waals surface area contributed by atoms with E-state index in [9.17, 15) is 43.2 Å². The fourth-order valence-corrected chi connectivity index (χ4v) is 10.6. The number of aliphatic hydroxyl groups excluding tert-OH is 1. The molecule has 7 atom stereocenters. The zero-order valence-electron chi connectivity index (χ0n) is 53.8. The van der Waals surface area contributed by atoms with Crippen molar-refractivity contribution in [3.05, 3.63) is 24.3 Å². The van der Waals surface area contributed by atoms with Gasteiger partial charge in [0.15, 0.2) is 12.2 Å². The zero-order valence-corrected chi connectivity index (χ0v) is 55.6. The Morgan fingerprint density at radius 2 is 0.702 bits per heavy atom. The van der Waals surface area contributed by atoms with Gasteiger partial charge < -0.3 is 33.8 Å². The summed E-state index contributed by atoms with van der Waals surface area (Å²) in [7, 11) is -9.90. The van der Waals surface area contributed by atoms with Gasteiger partial charge in [-0.05, 0) is 69.1 Å². The van der Waals surface area contributed by atoms with Crippen LogP contribution in [0.5, 0.6) is 0 Å². The van der Waals surface area contributed by atoms with E-state index in [1.807, 2.05) is 0 Å². The number of ether oxygens (including phenoxy) is 4. The van der Waals surface area contributed by atoms with Crippen LogP contribution in [0.4, 0.5) is 0 Å². The van der Waals surface area contributed by atoms with Gasteiger partial charge in [-0.1, -0.05) is 240 Å². The first-order chi connectivity index (χ1) is 40.3. The third kappa shape index (κ3) is 56.1. The van der Waals surface area contributed by atoms with Crippen molar-refractivity contribution < 1.29 is 80.2 Å². The minimum atomic E-state index is -4.95. The van der Waals surface area contributed by atoms with E-state index >= 15 is 0 Å². The molecule has 0 rings (SSSR count). The molecule has 0 aliphatic heterocycles.